The second kappa shape index (κ2) is 10.9. The highest BCUT2D eigenvalue weighted by Crippen LogP contribution is 2.60. The maximum absolute atomic E-state index is 6.57. The number of allylic oxidation sites excluding steroid dienone is 2. The van der Waals surface area contributed by atoms with E-state index in [-0.39, 0.29) is 17.5 Å². The summed E-state index contributed by atoms with van der Waals surface area (Å²) in [6, 6.07) is 0.0910. The lowest BCUT2D eigenvalue weighted by Gasteiger charge is -2.56. The van der Waals surface area contributed by atoms with Gasteiger partial charge in [0.2, 0.25) is 0 Å². The zero-order valence-electron chi connectivity index (χ0n) is 23.2. The molecule has 34 heavy (non-hydrogen) atoms. The van der Waals surface area contributed by atoms with Gasteiger partial charge in [-0.25, -0.2) is 0 Å². The molecule has 3 aliphatic rings. The molecule has 3 rings (SSSR count). The lowest BCUT2D eigenvalue weighted by Crippen LogP contribution is -2.57. The third-order valence-corrected chi connectivity index (χ3v) is 10.8. The smallest absolute Gasteiger partial charge is 0.0198 e. The van der Waals surface area contributed by atoms with E-state index in [1.54, 1.807) is 0 Å². The predicted molar refractivity (Wildman–Crippen MR) is 148 cm³/mol. The molecule has 192 valence electrons. The third kappa shape index (κ3) is 5.37. The zero-order valence-corrected chi connectivity index (χ0v) is 23.2. The number of hydrogen-bond acceptors (Lipinski definition) is 2. The molecule has 2 nitrogen and oxygen atoms in total. The number of terminal acetylenes is 1. The Bertz CT molecular complexity index is 774. The Morgan fingerprint density at radius 3 is 2.29 bits per heavy atom. The van der Waals surface area contributed by atoms with Crippen molar-refractivity contribution in [2.75, 3.05) is 0 Å². The minimum Gasteiger partial charge on any atom is -0.326 e. The molecule has 2 heteroatoms. The third-order valence-electron chi connectivity index (χ3n) is 10.8. The lowest BCUT2D eigenvalue weighted by atomic mass is 9.50. The van der Waals surface area contributed by atoms with E-state index in [0.717, 1.165) is 48.0 Å². The minimum atomic E-state index is 0.0271. The number of hydrogen-bond donors (Lipinski definition) is 2. The van der Waals surface area contributed by atoms with E-state index in [0.29, 0.717) is 23.7 Å². The molecule has 11 unspecified atom stereocenters. The molecule has 0 radical (unpaired) electrons. The highest BCUT2D eigenvalue weighted by Gasteiger charge is 2.54. The Morgan fingerprint density at radius 1 is 1.06 bits per heavy atom. The van der Waals surface area contributed by atoms with Crippen LogP contribution in [-0.4, -0.2) is 12.1 Å². The largest absolute Gasteiger partial charge is 0.326 e. The highest BCUT2D eigenvalue weighted by atomic mass is 14.8. The molecule has 0 aromatic heterocycles. The Balaban J connectivity index is 1.74. The van der Waals surface area contributed by atoms with Crippen LogP contribution in [-0.2, 0) is 0 Å². The molecule has 0 amide bonds. The summed E-state index contributed by atoms with van der Waals surface area (Å²) in [5.41, 5.74) is 15.4. The molecule has 3 aliphatic carbocycles. The van der Waals surface area contributed by atoms with Crippen LogP contribution in [0.2, 0.25) is 0 Å². The summed E-state index contributed by atoms with van der Waals surface area (Å²) in [7, 11) is 0. The van der Waals surface area contributed by atoms with E-state index in [1.165, 1.54) is 44.1 Å². The van der Waals surface area contributed by atoms with E-state index in [4.69, 9.17) is 17.9 Å². The van der Waals surface area contributed by atoms with Crippen molar-refractivity contribution in [1.29, 1.82) is 0 Å². The van der Waals surface area contributed by atoms with Crippen molar-refractivity contribution in [3.63, 3.8) is 0 Å². The molecule has 0 aliphatic heterocycles. The molecule has 0 heterocycles. The topological polar surface area (TPSA) is 52.0 Å². The van der Waals surface area contributed by atoms with Crippen molar-refractivity contribution in [1.82, 2.24) is 0 Å². The molecule has 3 fully saturated rings. The normalized spacial score (nSPS) is 42.0. The fraction of sp³-hybridized carbons (Fsp3) is 0.812. The Kier molecular flexibility index (Phi) is 8.85. The quantitative estimate of drug-likeness (QED) is 0.293. The van der Waals surface area contributed by atoms with Gasteiger partial charge in [0.25, 0.3) is 0 Å². The summed E-state index contributed by atoms with van der Waals surface area (Å²) in [6.07, 6.45) is 15.8. The van der Waals surface area contributed by atoms with Crippen molar-refractivity contribution in [2.45, 2.75) is 105 Å². The minimum absolute atomic E-state index is 0.0271. The molecule has 0 aromatic carbocycles. The van der Waals surface area contributed by atoms with Crippen LogP contribution in [0.1, 0.15) is 92.9 Å². The van der Waals surface area contributed by atoms with Crippen LogP contribution in [0.5, 0.6) is 0 Å². The van der Waals surface area contributed by atoms with Crippen LogP contribution in [0.4, 0.5) is 0 Å². The van der Waals surface area contributed by atoms with Gasteiger partial charge in [0, 0.05) is 12.1 Å². The number of rotatable bonds is 8. The Morgan fingerprint density at radius 2 is 1.71 bits per heavy atom. The van der Waals surface area contributed by atoms with Crippen LogP contribution < -0.4 is 11.5 Å². The van der Waals surface area contributed by atoms with Gasteiger partial charge in [-0.3, -0.25) is 0 Å². The summed E-state index contributed by atoms with van der Waals surface area (Å²) in [4.78, 5) is 0. The molecule has 3 saturated carbocycles. The second-order valence-electron chi connectivity index (χ2n) is 13.5. The summed E-state index contributed by atoms with van der Waals surface area (Å²) in [5.74, 6) is 9.28. The van der Waals surface area contributed by atoms with Gasteiger partial charge in [0.1, 0.15) is 0 Å². The Labute approximate surface area is 211 Å². The first-order valence-electron chi connectivity index (χ1n) is 14.2. The molecule has 0 aromatic rings. The van der Waals surface area contributed by atoms with Gasteiger partial charge in [-0.1, -0.05) is 59.3 Å². The predicted octanol–water partition coefficient (Wildman–Crippen LogP) is 7.20. The zero-order chi connectivity index (χ0) is 25.4. The van der Waals surface area contributed by atoms with E-state index < -0.39 is 0 Å². The van der Waals surface area contributed by atoms with Crippen molar-refractivity contribution in [3.05, 3.63) is 24.3 Å². The summed E-state index contributed by atoms with van der Waals surface area (Å²) in [6.45, 7) is 23.1. The average Bonchev–Trinajstić information content (AvgIpc) is 3.17. The van der Waals surface area contributed by atoms with Crippen molar-refractivity contribution < 1.29 is 0 Å². The van der Waals surface area contributed by atoms with Gasteiger partial charge in [-0.2, -0.15) is 0 Å². The van der Waals surface area contributed by atoms with E-state index in [2.05, 4.69) is 60.6 Å². The standard InChI is InChI=1S/C32H54N2/c1-10-21(6)29-17-30(33)31(34)18-32(29,9)28-14-13-26-24(11-12-25(26)23(28)8)16-22(7)27(20(4)5)15-19(2)3/h1,19,22-31H,4,6,11-18,33-34H2,2-3,5,7-9H3. The second-order valence-corrected chi connectivity index (χ2v) is 13.5. The van der Waals surface area contributed by atoms with Gasteiger partial charge >= 0.3 is 0 Å². The first-order valence-corrected chi connectivity index (χ1v) is 14.2. The maximum Gasteiger partial charge on any atom is 0.0198 e. The van der Waals surface area contributed by atoms with Gasteiger partial charge in [0.05, 0.1) is 0 Å². The fourth-order valence-electron chi connectivity index (χ4n) is 9.08. The van der Waals surface area contributed by atoms with E-state index in [9.17, 15) is 0 Å². The number of fused-ring (bicyclic) bond motifs is 1. The van der Waals surface area contributed by atoms with Crippen LogP contribution in [0.15, 0.2) is 24.3 Å². The summed E-state index contributed by atoms with van der Waals surface area (Å²) >= 11 is 0. The molecule has 0 saturated heterocycles. The van der Waals surface area contributed by atoms with Gasteiger partial charge in [-0.15, -0.1) is 6.42 Å². The SMILES string of the molecule is C#CC(=C)C1CC(N)C(N)CC1(C)C1CCC2C(CC(C)C(CC(C)C)C(=C)C)CCC2C1C. The lowest BCUT2D eigenvalue weighted by molar-refractivity contribution is -0.0375. The molecule has 11 atom stereocenters. The van der Waals surface area contributed by atoms with Crippen molar-refractivity contribution in [3.8, 4) is 12.3 Å². The summed E-state index contributed by atoms with van der Waals surface area (Å²) in [5, 5.41) is 0. The molecular formula is C32H54N2. The highest BCUT2D eigenvalue weighted by molar-refractivity contribution is 5.29. The average molecular weight is 467 g/mol. The van der Waals surface area contributed by atoms with Gasteiger partial charge in [0.15, 0.2) is 0 Å². The van der Waals surface area contributed by atoms with Crippen LogP contribution >= 0.6 is 0 Å². The molecule has 0 bridgehead atoms. The Hall–Kier alpha value is -1.04. The monoisotopic (exact) mass is 466 g/mol. The molecule has 4 N–H and O–H groups in total. The van der Waals surface area contributed by atoms with Crippen molar-refractivity contribution in [2.24, 2.45) is 70.1 Å². The maximum atomic E-state index is 6.57. The van der Waals surface area contributed by atoms with Crippen LogP contribution in [0.25, 0.3) is 0 Å². The first-order chi connectivity index (χ1) is 15.9. The van der Waals surface area contributed by atoms with E-state index >= 15 is 0 Å². The summed E-state index contributed by atoms with van der Waals surface area (Å²) < 4.78 is 0. The fourth-order valence-corrected chi connectivity index (χ4v) is 9.08. The van der Waals surface area contributed by atoms with Crippen LogP contribution in [0.3, 0.4) is 0 Å². The molecule has 0 spiro atoms. The van der Waals surface area contributed by atoms with Gasteiger partial charge < -0.3 is 11.5 Å². The first kappa shape index (κ1) is 27.5. The van der Waals surface area contributed by atoms with Crippen molar-refractivity contribution >= 4 is 0 Å². The van der Waals surface area contributed by atoms with Gasteiger partial charge in [-0.05, 0) is 123 Å². The number of nitrogens with two attached hydrogens (primary N) is 2. The van der Waals surface area contributed by atoms with Crippen LogP contribution in [0, 0.1) is 71.0 Å². The van der Waals surface area contributed by atoms with E-state index in [1.807, 2.05) is 0 Å². The molecular weight excluding hydrogens is 412 g/mol.